The number of nitrogens with zero attached hydrogens (tertiary/aromatic N) is 2. The minimum Gasteiger partial charge on any atom is -0.476 e. The molecule has 2 rings (SSSR count). The van der Waals surface area contributed by atoms with E-state index in [-0.39, 0.29) is 12.3 Å². The zero-order chi connectivity index (χ0) is 15.6. The molecular weight excluding hydrogens is 292 g/mol. The molecule has 0 aromatic carbocycles. The van der Waals surface area contributed by atoms with Gasteiger partial charge in [0.15, 0.2) is 10.8 Å². The molecule has 0 aliphatic carbocycles. The van der Waals surface area contributed by atoms with E-state index in [0.29, 0.717) is 29.5 Å². The summed E-state index contributed by atoms with van der Waals surface area (Å²) in [6.45, 7) is 4.81. The fourth-order valence-electron chi connectivity index (χ4n) is 2.96. The average molecular weight is 314 g/mol. The number of carboxylic acid groups (broad SMARTS) is 1. The molecular formula is C14H22N2O4S. The molecule has 0 unspecified atom stereocenters. The maximum Gasteiger partial charge on any atom is 0.355 e. The first-order chi connectivity index (χ1) is 9.93. The minimum atomic E-state index is -1.02. The van der Waals surface area contributed by atoms with Gasteiger partial charge < -0.3 is 20.2 Å². The quantitative estimate of drug-likeness (QED) is 0.762. The number of aromatic nitrogens is 1. The first kappa shape index (κ1) is 16.2. The van der Waals surface area contributed by atoms with E-state index < -0.39 is 17.5 Å². The SMILES string of the molecule is CCC[C@]1(CO)CCN(c2nc(C(=O)O)c(C)s2)C[C@H]1O. The fourth-order valence-corrected chi connectivity index (χ4v) is 3.90. The lowest BCUT2D eigenvalue weighted by molar-refractivity contribution is -0.0370. The molecule has 2 atom stereocenters. The zero-order valence-corrected chi connectivity index (χ0v) is 13.2. The molecule has 1 aliphatic rings. The highest BCUT2D eigenvalue weighted by atomic mass is 32.1. The summed E-state index contributed by atoms with van der Waals surface area (Å²) in [7, 11) is 0. The summed E-state index contributed by atoms with van der Waals surface area (Å²) in [5.41, 5.74) is -0.357. The van der Waals surface area contributed by atoms with E-state index in [4.69, 9.17) is 5.11 Å². The second-order valence-corrected chi connectivity index (χ2v) is 6.87. The van der Waals surface area contributed by atoms with Crippen LogP contribution in [0, 0.1) is 12.3 Å². The number of hydrogen-bond acceptors (Lipinski definition) is 6. The maximum atomic E-state index is 11.1. The Kier molecular flexibility index (Phi) is 4.85. The fraction of sp³-hybridized carbons (Fsp3) is 0.714. The molecule has 6 nitrogen and oxygen atoms in total. The van der Waals surface area contributed by atoms with Gasteiger partial charge in [-0.25, -0.2) is 9.78 Å². The topological polar surface area (TPSA) is 93.9 Å². The Morgan fingerprint density at radius 1 is 1.57 bits per heavy atom. The van der Waals surface area contributed by atoms with Gasteiger partial charge in [0, 0.05) is 23.4 Å². The number of thiazole rings is 1. The number of β-amino-alcohol motifs (C(OH)–C–C–N with tert-alkyl or cyclic N) is 1. The minimum absolute atomic E-state index is 0.0207. The van der Waals surface area contributed by atoms with Crippen LogP contribution in [0.15, 0.2) is 0 Å². The third-order valence-corrected chi connectivity index (χ3v) is 5.33. The van der Waals surface area contributed by atoms with Crippen molar-refractivity contribution in [3.8, 4) is 0 Å². The molecule has 0 bridgehead atoms. The molecule has 0 saturated carbocycles. The number of rotatable bonds is 5. The van der Waals surface area contributed by atoms with E-state index in [0.717, 1.165) is 12.8 Å². The van der Waals surface area contributed by atoms with Crippen LogP contribution in [-0.4, -0.2) is 52.1 Å². The second-order valence-electron chi connectivity index (χ2n) is 5.69. The molecule has 1 aromatic rings. The normalized spacial score (nSPS) is 26.1. The Bertz CT molecular complexity index is 519. The van der Waals surface area contributed by atoms with E-state index in [2.05, 4.69) is 4.98 Å². The molecule has 0 radical (unpaired) electrons. The first-order valence-corrected chi connectivity index (χ1v) is 7.99. The van der Waals surface area contributed by atoms with Crippen molar-refractivity contribution in [1.82, 2.24) is 4.98 Å². The summed E-state index contributed by atoms with van der Waals surface area (Å²) in [6.07, 6.45) is 1.75. The van der Waals surface area contributed by atoms with Crippen LogP contribution in [0.4, 0.5) is 5.13 Å². The Hall–Kier alpha value is -1.18. The van der Waals surface area contributed by atoms with E-state index in [1.165, 1.54) is 11.3 Å². The van der Waals surface area contributed by atoms with Crippen LogP contribution in [0.2, 0.25) is 0 Å². The van der Waals surface area contributed by atoms with Crippen LogP contribution >= 0.6 is 11.3 Å². The standard InChI is InChI=1S/C14H22N2O4S/c1-3-4-14(8-17)5-6-16(7-10(14)18)13-15-11(12(19)20)9(2)21-13/h10,17-18H,3-8H2,1-2H3,(H,19,20)/t10-,14-/m1/s1. The van der Waals surface area contributed by atoms with Crippen molar-refractivity contribution in [1.29, 1.82) is 0 Å². The summed E-state index contributed by atoms with van der Waals surface area (Å²) in [5.74, 6) is -1.02. The second kappa shape index (κ2) is 6.29. The molecule has 1 fully saturated rings. The summed E-state index contributed by atoms with van der Waals surface area (Å²) in [6, 6.07) is 0. The number of aliphatic hydroxyl groups excluding tert-OH is 2. The van der Waals surface area contributed by atoms with E-state index >= 15 is 0 Å². The highest BCUT2D eigenvalue weighted by Crippen LogP contribution is 2.38. The zero-order valence-electron chi connectivity index (χ0n) is 12.4. The Morgan fingerprint density at radius 3 is 2.76 bits per heavy atom. The lowest BCUT2D eigenvalue weighted by atomic mass is 9.73. The van der Waals surface area contributed by atoms with Crippen LogP contribution in [0.3, 0.4) is 0 Å². The molecule has 1 aliphatic heterocycles. The van der Waals surface area contributed by atoms with E-state index in [9.17, 15) is 15.0 Å². The van der Waals surface area contributed by atoms with Gasteiger partial charge in [0.25, 0.3) is 0 Å². The first-order valence-electron chi connectivity index (χ1n) is 7.18. The Labute approximate surface area is 128 Å². The van der Waals surface area contributed by atoms with Crippen molar-refractivity contribution in [2.45, 2.75) is 39.2 Å². The van der Waals surface area contributed by atoms with Crippen LogP contribution in [0.25, 0.3) is 0 Å². The van der Waals surface area contributed by atoms with Crippen molar-refractivity contribution in [3.63, 3.8) is 0 Å². The monoisotopic (exact) mass is 314 g/mol. The number of hydrogen-bond donors (Lipinski definition) is 3. The Balaban J connectivity index is 2.15. The van der Waals surface area contributed by atoms with Gasteiger partial charge in [0.1, 0.15) is 0 Å². The largest absolute Gasteiger partial charge is 0.476 e. The van der Waals surface area contributed by atoms with Crippen LogP contribution in [0.5, 0.6) is 0 Å². The number of piperidine rings is 1. The highest BCUT2D eigenvalue weighted by molar-refractivity contribution is 7.15. The Morgan fingerprint density at radius 2 is 2.29 bits per heavy atom. The van der Waals surface area contributed by atoms with Crippen molar-refractivity contribution < 1.29 is 20.1 Å². The number of aliphatic hydroxyl groups is 2. The van der Waals surface area contributed by atoms with Gasteiger partial charge in [0.05, 0.1) is 12.7 Å². The molecule has 21 heavy (non-hydrogen) atoms. The lowest BCUT2D eigenvalue weighted by Crippen LogP contribution is -2.52. The smallest absolute Gasteiger partial charge is 0.355 e. The maximum absolute atomic E-state index is 11.1. The predicted molar refractivity (Wildman–Crippen MR) is 81.1 cm³/mol. The molecule has 1 saturated heterocycles. The number of aryl methyl sites for hydroxylation is 1. The van der Waals surface area contributed by atoms with Crippen molar-refractivity contribution in [3.05, 3.63) is 10.6 Å². The molecule has 118 valence electrons. The highest BCUT2D eigenvalue weighted by Gasteiger charge is 2.41. The van der Waals surface area contributed by atoms with Crippen LogP contribution in [-0.2, 0) is 0 Å². The molecule has 7 heteroatoms. The van der Waals surface area contributed by atoms with Crippen molar-refractivity contribution in [2.24, 2.45) is 5.41 Å². The van der Waals surface area contributed by atoms with Crippen LogP contribution in [0.1, 0.15) is 41.6 Å². The number of carbonyl (C=O) groups is 1. The third kappa shape index (κ3) is 3.04. The number of anilines is 1. The third-order valence-electron chi connectivity index (χ3n) is 4.30. The summed E-state index contributed by atoms with van der Waals surface area (Å²) in [5, 5.41) is 29.8. The van der Waals surface area contributed by atoms with Crippen molar-refractivity contribution >= 4 is 22.4 Å². The molecule has 1 aromatic heterocycles. The van der Waals surface area contributed by atoms with Crippen molar-refractivity contribution in [2.75, 3.05) is 24.6 Å². The van der Waals surface area contributed by atoms with Gasteiger partial charge >= 0.3 is 5.97 Å². The molecule has 0 spiro atoms. The lowest BCUT2D eigenvalue weighted by Gasteiger charge is -2.44. The summed E-state index contributed by atoms with van der Waals surface area (Å²) < 4.78 is 0. The summed E-state index contributed by atoms with van der Waals surface area (Å²) in [4.78, 5) is 17.8. The van der Waals surface area contributed by atoms with Gasteiger partial charge in [-0.15, -0.1) is 11.3 Å². The molecule has 0 amide bonds. The van der Waals surface area contributed by atoms with E-state index in [1.54, 1.807) is 6.92 Å². The average Bonchev–Trinajstić information content (AvgIpc) is 2.83. The van der Waals surface area contributed by atoms with E-state index in [1.807, 2.05) is 11.8 Å². The number of carboxylic acids is 1. The van der Waals surface area contributed by atoms with Gasteiger partial charge in [-0.3, -0.25) is 0 Å². The van der Waals surface area contributed by atoms with Crippen LogP contribution < -0.4 is 4.90 Å². The molecule has 2 heterocycles. The van der Waals surface area contributed by atoms with Gasteiger partial charge in [0.2, 0.25) is 0 Å². The summed E-state index contributed by atoms with van der Waals surface area (Å²) >= 11 is 1.33. The molecule has 3 N–H and O–H groups in total. The number of aromatic carboxylic acids is 1. The van der Waals surface area contributed by atoms with Gasteiger partial charge in [-0.05, 0) is 19.8 Å². The predicted octanol–water partition coefficient (Wildman–Crippen LogP) is 1.50. The van der Waals surface area contributed by atoms with Gasteiger partial charge in [-0.1, -0.05) is 13.3 Å². The van der Waals surface area contributed by atoms with Gasteiger partial charge in [-0.2, -0.15) is 0 Å².